The van der Waals surface area contributed by atoms with Crippen molar-refractivity contribution in [1.82, 2.24) is 4.90 Å². The van der Waals surface area contributed by atoms with Crippen molar-refractivity contribution in [3.63, 3.8) is 0 Å². The fraction of sp³-hybridized carbons (Fsp3) is 0.417. The molecule has 0 saturated carbocycles. The summed E-state index contributed by atoms with van der Waals surface area (Å²) in [6.07, 6.45) is -0.764. The van der Waals surface area contributed by atoms with Gasteiger partial charge in [0.05, 0.1) is 12.6 Å². The lowest BCUT2D eigenvalue weighted by atomic mass is 9.96. The fourth-order valence-corrected chi connectivity index (χ4v) is 2.38. The molecule has 1 aromatic carbocycles. The highest BCUT2D eigenvalue weighted by atomic mass is 19.1. The minimum absolute atomic E-state index is 0.142. The standard InChI is InChI=1S/C12H13F2NO3/c13-9-1-7(2-10(14)4-9)8-3-11(6-16)15(5-8)12(17)18/h1-2,4,8,11,16H,3,5-6H2,(H,17,18)/t8-,11?/m0/s1. The van der Waals surface area contributed by atoms with Crippen LogP contribution in [0.1, 0.15) is 17.9 Å². The van der Waals surface area contributed by atoms with E-state index in [1.165, 1.54) is 12.1 Å². The van der Waals surface area contributed by atoms with Gasteiger partial charge in [-0.1, -0.05) is 0 Å². The van der Waals surface area contributed by atoms with E-state index in [9.17, 15) is 13.6 Å². The molecule has 18 heavy (non-hydrogen) atoms. The van der Waals surface area contributed by atoms with Gasteiger partial charge in [-0.05, 0) is 24.1 Å². The van der Waals surface area contributed by atoms with Crippen LogP contribution < -0.4 is 0 Å². The fourth-order valence-electron chi connectivity index (χ4n) is 2.38. The first-order valence-corrected chi connectivity index (χ1v) is 5.57. The van der Waals surface area contributed by atoms with Crippen molar-refractivity contribution in [2.75, 3.05) is 13.2 Å². The molecule has 2 rings (SSSR count). The van der Waals surface area contributed by atoms with Gasteiger partial charge in [0, 0.05) is 18.5 Å². The molecule has 2 atom stereocenters. The Balaban J connectivity index is 2.23. The summed E-state index contributed by atoms with van der Waals surface area (Å²) >= 11 is 0. The molecule has 0 bridgehead atoms. The Labute approximate surface area is 102 Å². The van der Waals surface area contributed by atoms with Crippen molar-refractivity contribution in [2.24, 2.45) is 0 Å². The van der Waals surface area contributed by atoms with Gasteiger partial charge in [0.1, 0.15) is 11.6 Å². The predicted molar refractivity (Wildman–Crippen MR) is 59.3 cm³/mol. The van der Waals surface area contributed by atoms with Gasteiger partial charge >= 0.3 is 6.09 Å². The summed E-state index contributed by atoms with van der Waals surface area (Å²) in [5, 5.41) is 18.1. The molecule has 1 heterocycles. The third-order valence-corrected chi connectivity index (χ3v) is 3.23. The maximum Gasteiger partial charge on any atom is 0.407 e. The molecule has 1 aliphatic rings. The van der Waals surface area contributed by atoms with E-state index in [2.05, 4.69) is 0 Å². The highest BCUT2D eigenvalue weighted by Crippen LogP contribution is 2.32. The van der Waals surface area contributed by atoms with Crippen molar-refractivity contribution in [2.45, 2.75) is 18.4 Å². The van der Waals surface area contributed by atoms with Gasteiger partial charge < -0.3 is 15.1 Å². The zero-order valence-corrected chi connectivity index (χ0v) is 9.51. The third-order valence-electron chi connectivity index (χ3n) is 3.23. The number of amides is 1. The number of nitrogens with zero attached hydrogens (tertiary/aromatic N) is 1. The minimum atomic E-state index is -1.13. The van der Waals surface area contributed by atoms with Crippen LogP contribution in [0.4, 0.5) is 13.6 Å². The molecule has 1 unspecified atom stereocenters. The molecular weight excluding hydrogens is 244 g/mol. The number of hydrogen-bond donors (Lipinski definition) is 2. The topological polar surface area (TPSA) is 60.8 Å². The lowest BCUT2D eigenvalue weighted by Gasteiger charge is -2.18. The number of hydrogen-bond acceptors (Lipinski definition) is 2. The average molecular weight is 257 g/mol. The third kappa shape index (κ3) is 2.43. The Morgan fingerprint density at radius 1 is 1.33 bits per heavy atom. The van der Waals surface area contributed by atoms with Gasteiger partial charge in [-0.25, -0.2) is 13.6 Å². The molecule has 98 valence electrons. The van der Waals surface area contributed by atoms with E-state index in [0.717, 1.165) is 11.0 Å². The molecule has 1 aliphatic heterocycles. The van der Waals surface area contributed by atoms with E-state index in [0.29, 0.717) is 12.0 Å². The maximum atomic E-state index is 13.1. The molecule has 1 amide bonds. The molecular formula is C12H13F2NO3. The van der Waals surface area contributed by atoms with Crippen LogP contribution in [0.3, 0.4) is 0 Å². The number of halogens is 2. The Morgan fingerprint density at radius 3 is 2.39 bits per heavy atom. The largest absolute Gasteiger partial charge is 0.465 e. The van der Waals surface area contributed by atoms with E-state index < -0.39 is 23.8 Å². The summed E-state index contributed by atoms with van der Waals surface area (Å²) in [5.74, 6) is -1.65. The second-order valence-corrected chi connectivity index (χ2v) is 4.41. The van der Waals surface area contributed by atoms with Gasteiger partial charge in [-0.15, -0.1) is 0 Å². The summed E-state index contributed by atoms with van der Waals surface area (Å²) in [6.45, 7) is -0.149. The summed E-state index contributed by atoms with van der Waals surface area (Å²) in [6, 6.07) is 2.66. The lowest BCUT2D eigenvalue weighted by molar-refractivity contribution is 0.118. The Hall–Kier alpha value is -1.69. The zero-order valence-electron chi connectivity index (χ0n) is 9.51. The molecule has 0 aliphatic carbocycles. The molecule has 1 aromatic rings. The summed E-state index contributed by atoms with van der Waals surface area (Å²) in [7, 11) is 0. The molecule has 1 saturated heterocycles. The molecule has 4 nitrogen and oxygen atoms in total. The van der Waals surface area contributed by atoms with Crippen LogP contribution in [0, 0.1) is 11.6 Å². The van der Waals surface area contributed by atoms with Gasteiger partial charge in [0.15, 0.2) is 0 Å². The predicted octanol–water partition coefficient (Wildman–Crippen LogP) is 1.79. The normalized spacial score (nSPS) is 23.4. The molecule has 0 radical (unpaired) electrons. The SMILES string of the molecule is O=C(O)N1C[C@@H](c2cc(F)cc(F)c2)CC1CO. The summed E-state index contributed by atoms with van der Waals surface area (Å²) in [5.41, 5.74) is 0.426. The number of benzene rings is 1. The highest BCUT2D eigenvalue weighted by molar-refractivity contribution is 5.66. The number of aliphatic hydroxyl groups excluding tert-OH is 1. The van der Waals surface area contributed by atoms with E-state index >= 15 is 0 Å². The van der Waals surface area contributed by atoms with Crippen molar-refractivity contribution in [3.05, 3.63) is 35.4 Å². The number of likely N-dealkylation sites (tertiary alicyclic amines) is 1. The Morgan fingerprint density at radius 2 is 1.94 bits per heavy atom. The van der Waals surface area contributed by atoms with Crippen LogP contribution in [0.5, 0.6) is 0 Å². The number of carbonyl (C=O) groups is 1. The first kappa shape index (κ1) is 12.8. The first-order valence-electron chi connectivity index (χ1n) is 5.57. The molecule has 6 heteroatoms. The van der Waals surface area contributed by atoms with Gasteiger partial charge in [-0.3, -0.25) is 0 Å². The molecule has 1 fully saturated rings. The van der Waals surface area contributed by atoms with Crippen LogP contribution in [-0.4, -0.2) is 40.4 Å². The second-order valence-electron chi connectivity index (χ2n) is 4.41. The van der Waals surface area contributed by atoms with Crippen LogP contribution in [0.15, 0.2) is 18.2 Å². The van der Waals surface area contributed by atoms with Crippen molar-refractivity contribution in [1.29, 1.82) is 0 Å². The van der Waals surface area contributed by atoms with Gasteiger partial charge in [-0.2, -0.15) is 0 Å². The van der Waals surface area contributed by atoms with Crippen LogP contribution in [-0.2, 0) is 0 Å². The smallest absolute Gasteiger partial charge is 0.407 e. The van der Waals surface area contributed by atoms with Crippen LogP contribution >= 0.6 is 0 Å². The lowest BCUT2D eigenvalue weighted by Crippen LogP contribution is -2.36. The second kappa shape index (κ2) is 4.89. The highest BCUT2D eigenvalue weighted by Gasteiger charge is 2.35. The monoisotopic (exact) mass is 257 g/mol. The van der Waals surface area contributed by atoms with E-state index in [-0.39, 0.29) is 19.1 Å². The first-order chi connectivity index (χ1) is 8.51. The summed E-state index contributed by atoms with van der Waals surface area (Å²) in [4.78, 5) is 12.1. The van der Waals surface area contributed by atoms with Gasteiger partial charge in [0.2, 0.25) is 0 Å². The minimum Gasteiger partial charge on any atom is -0.465 e. The zero-order chi connectivity index (χ0) is 13.3. The number of rotatable bonds is 2. The molecule has 2 N–H and O–H groups in total. The average Bonchev–Trinajstić information content (AvgIpc) is 2.71. The van der Waals surface area contributed by atoms with Crippen molar-refractivity contribution in [3.8, 4) is 0 Å². The van der Waals surface area contributed by atoms with Crippen LogP contribution in [0.25, 0.3) is 0 Å². The summed E-state index contributed by atoms with van der Waals surface area (Å²) < 4.78 is 26.2. The molecule has 0 aromatic heterocycles. The Bertz CT molecular complexity index is 446. The van der Waals surface area contributed by atoms with Crippen molar-refractivity contribution < 1.29 is 23.8 Å². The van der Waals surface area contributed by atoms with Crippen molar-refractivity contribution >= 4 is 6.09 Å². The molecule has 0 spiro atoms. The number of carboxylic acid groups (broad SMARTS) is 1. The maximum absolute atomic E-state index is 13.1. The quantitative estimate of drug-likeness (QED) is 0.849. The van der Waals surface area contributed by atoms with E-state index in [1.54, 1.807) is 0 Å². The van der Waals surface area contributed by atoms with E-state index in [4.69, 9.17) is 10.2 Å². The van der Waals surface area contributed by atoms with Crippen LogP contribution in [0.2, 0.25) is 0 Å². The Kier molecular flexibility index (Phi) is 3.47. The number of aliphatic hydroxyl groups is 1. The van der Waals surface area contributed by atoms with E-state index in [1.807, 2.05) is 0 Å². The van der Waals surface area contributed by atoms with Gasteiger partial charge in [0.25, 0.3) is 0 Å².